The van der Waals surface area contributed by atoms with Crippen molar-refractivity contribution in [1.29, 1.82) is 0 Å². The Morgan fingerprint density at radius 2 is 1.87 bits per heavy atom. The summed E-state index contributed by atoms with van der Waals surface area (Å²) >= 11 is 0. The fraction of sp³-hybridized carbons (Fsp3) is 0.643. The molecule has 1 heterocycles. The molecule has 0 saturated carbocycles. The number of carbonyl (C=O) groups is 1. The molecule has 1 aromatic rings. The second-order valence-electron chi connectivity index (χ2n) is 5.07. The Bertz CT molecular complexity index is 550. The van der Waals surface area contributed by atoms with Gasteiger partial charge in [0.2, 0.25) is 0 Å². The maximum atomic E-state index is 12.3. The Balaban J connectivity index is 2.91. The lowest BCUT2D eigenvalue weighted by atomic mass is 10.3. The largest absolute Gasteiger partial charge is 0.434 e. The van der Waals surface area contributed by atoms with Crippen molar-refractivity contribution in [2.45, 2.75) is 39.5 Å². The van der Waals surface area contributed by atoms with Gasteiger partial charge in [-0.2, -0.15) is 8.42 Å². The average Bonchev–Trinajstić information content (AvgIpc) is 2.97. The topological polar surface area (TPSA) is 100 Å². The van der Waals surface area contributed by atoms with Gasteiger partial charge in [0.05, 0.1) is 6.26 Å². The van der Waals surface area contributed by atoms with Crippen LogP contribution in [0.5, 0.6) is 5.95 Å². The van der Waals surface area contributed by atoms with Crippen molar-refractivity contribution in [1.82, 2.24) is 10.0 Å². The zero-order chi connectivity index (χ0) is 17.3. The lowest BCUT2D eigenvalue weighted by Crippen LogP contribution is -2.50. The molecular formula is C14H24N2O6S. The average molecular weight is 348 g/mol. The standard InChI is InChI=1S/C14H24N2O6S/c1-3-5-9-15(10-6-4-2)16(12-23(18,19)20)14(17)22-13-8-7-11-21-13/h7-8,11H,3-6,9-10,12H2,1-2H3,(H,18,19,20). The first-order valence-electron chi connectivity index (χ1n) is 7.60. The van der Waals surface area contributed by atoms with Gasteiger partial charge >= 0.3 is 6.09 Å². The van der Waals surface area contributed by atoms with E-state index in [0.717, 1.165) is 30.7 Å². The van der Waals surface area contributed by atoms with Gasteiger partial charge in [0, 0.05) is 19.2 Å². The summed E-state index contributed by atoms with van der Waals surface area (Å²) in [7, 11) is -4.39. The van der Waals surface area contributed by atoms with E-state index in [2.05, 4.69) is 0 Å². The fourth-order valence-electron chi connectivity index (χ4n) is 1.90. The molecule has 9 heteroatoms. The third-order valence-electron chi connectivity index (χ3n) is 3.06. The summed E-state index contributed by atoms with van der Waals surface area (Å²) in [5, 5.41) is 2.50. The van der Waals surface area contributed by atoms with E-state index in [-0.39, 0.29) is 5.95 Å². The monoisotopic (exact) mass is 348 g/mol. The summed E-state index contributed by atoms with van der Waals surface area (Å²) in [5.74, 6) is -0.902. The molecule has 1 aromatic heterocycles. The number of amides is 1. The van der Waals surface area contributed by atoms with E-state index in [1.807, 2.05) is 13.8 Å². The number of rotatable bonds is 10. The van der Waals surface area contributed by atoms with Crippen LogP contribution in [0.25, 0.3) is 0 Å². The first-order chi connectivity index (χ1) is 10.9. The summed E-state index contributed by atoms with van der Waals surface area (Å²) in [5.41, 5.74) is 0. The minimum Gasteiger partial charge on any atom is -0.434 e. The first-order valence-corrected chi connectivity index (χ1v) is 9.21. The second-order valence-corrected chi connectivity index (χ2v) is 6.49. The van der Waals surface area contributed by atoms with Crippen LogP contribution in [0.2, 0.25) is 0 Å². The van der Waals surface area contributed by atoms with Gasteiger partial charge in [0.1, 0.15) is 0 Å². The second kappa shape index (κ2) is 9.53. The Morgan fingerprint density at radius 1 is 1.26 bits per heavy atom. The molecule has 0 atom stereocenters. The minimum atomic E-state index is -4.39. The summed E-state index contributed by atoms with van der Waals surface area (Å²) in [6.07, 6.45) is 3.75. The van der Waals surface area contributed by atoms with Crippen LogP contribution < -0.4 is 4.74 Å². The van der Waals surface area contributed by atoms with Gasteiger partial charge in [0.15, 0.2) is 5.88 Å². The Hall–Kier alpha value is -1.58. The maximum Gasteiger partial charge on any atom is 0.433 e. The summed E-state index contributed by atoms with van der Waals surface area (Å²) in [4.78, 5) is 12.3. The van der Waals surface area contributed by atoms with Gasteiger partial charge in [-0.25, -0.2) is 14.8 Å². The maximum absolute atomic E-state index is 12.3. The van der Waals surface area contributed by atoms with Crippen molar-refractivity contribution in [3.8, 4) is 5.95 Å². The summed E-state index contributed by atoms with van der Waals surface area (Å²) < 4.78 is 41.6. The molecule has 0 bridgehead atoms. The lowest BCUT2D eigenvalue weighted by molar-refractivity contribution is 0.00176. The molecule has 1 rings (SSSR count). The minimum absolute atomic E-state index is 0.0405. The van der Waals surface area contributed by atoms with Crippen LogP contribution in [-0.4, -0.2) is 48.0 Å². The molecule has 8 nitrogen and oxygen atoms in total. The number of hydrogen-bond donors (Lipinski definition) is 1. The molecule has 0 aliphatic carbocycles. The highest BCUT2D eigenvalue weighted by molar-refractivity contribution is 7.85. The number of nitrogens with zero attached hydrogens (tertiary/aromatic N) is 2. The van der Waals surface area contributed by atoms with E-state index in [4.69, 9.17) is 13.7 Å². The van der Waals surface area contributed by atoms with Gasteiger partial charge < -0.3 is 9.15 Å². The van der Waals surface area contributed by atoms with E-state index < -0.39 is 22.1 Å². The number of furan rings is 1. The van der Waals surface area contributed by atoms with E-state index in [1.165, 1.54) is 12.3 Å². The predicted octanol–water partition coefficient (Wildman–Crippen LogP) is 2.74. The molecule has 0 aliphatic rings. The molecule has 1 N–H and O–H groups in total. The molecule has 0 aromatic carbocycles. The number of carbonyl (C=O) groups excluding carboxylic acids is 1. The van der Waals surface area contributed by atoms with Crippen LogP contribution in [0.1, 0.15) is 39.5 Å². The number of hydrogen-bond acceptors (Lipinski definition) is 6. The number of ether oxygens (including phenoxy) is 1. The van der Waals surface area contributed by atoms with Crippen LogP contribution in [-0.2, 0) is 10.1 Å². The molecule has 0 fully saturated rings. The van der Waals surface area contributed by atoms with Crippen molar-refractivity contribution < 1.29 is 26.9 Å². The Morgan fingerprint density at radius 3 is 2.30 bits per heavy atom. The third kappa shape index (κ3) is 7.49. The van der Waals surface area contributed by atoms with Crippen LogP contribution in [0, 0.1) is 0 Å². The summed E-state index contributed by atoms with van der Waals surface area (Å²) in [6.45, 7) is 4.96. The number of hydrazine groups is 1. The Kier molecular flexibility index (Phi) is 8.07. The van der Waals surface area contributed by atoms with Crippen molar-refractivity contribution in [2.24, 2.45) is 0 Å². The van der Waals surface area contributed by atoms with Gasteiger partial charge in [-0.15, -0.1) is 0 Å². The highest BCUT2D eigenvalue weighted by Gasteiger charge is 2.28. The van der Waals surface area contributed by atoms with E-state index in [9.17, 15) is 13.2 Å². The molecule has 1 amide bonds. The molecule has 0 radical (unpaired) electrons. The molecule has 0 spiro atoms. The summed E-state index contributed by atoms with van der Waals surface area (Å²) in [6, 6.07) is 2.98. The van der Waals surface area contributed by atoms with Gasteiger partial charge in [0.25, 0.3) is 16.1 Å². The fourth-order valence-corrected chi connectivity index (χ4v) is 2.48. The zero-order valence-corrected chi connectivity index (χ0v) is 14.3. The van der Waals surface area contributed by atoms with Gasteiger partial charge in [-0.1, -0.05) is 26.7 Å². The quantitative estimate of drug-likeness (QED) is 0.512. The smallest absolute Gasteiger partial charge is 0.433 e. The third-order valence-corrected chi connectivity index (χ3v) is 3.63. The van der Waals surface area contributed by atoms with Crippen molar-refractivity contribution in [2.75, 3.05) is 19.0 Å². The molecule has 0 unspecified atom stereocenters. The zero-order valence-electron chi connectivity index (χ0n) is 13.5. The molecule has 0 aliphatic heterocycles. The normalized spacial score (nSPS) is 11.7. The molecule has 132 valence electrons. The number of unbranched alkanes of at least 4 members (excludes halogenated alkanes) is 2. The lowest BCUT2D eigenvalue weighted by Gasteiger charge is -2.32. The highest BCUT2D eigenvalue weighted by Crippen LogP contribution is 2.14. The van der Waals surface area contributed by atoms with Crippen molar-refractivity contribution >= 4 is 16.2 Å². The van der Waals surface area contributed by atoms with Crippen LogP contribution >= 0.6 is 0 Å². The van der Waals surface area contributed by atoms with E-state index in [1.54, 1.807) is 11.1 Å². The van der Waals surface area contributed by atoms with Crippen LogP contribution in [0.15, 0.2) is 22.8 Å². The van der Waals surface area contributed by atoms with Crippen LogP contribution in [0.4, 0.5) is 4.79 Å². The predicted molar refractivity (Wildman–Crippen MR) is 84.4 cm³/mol. The van der Waals surface area contributed by atoms with Crippen LogP contribution in [0.3, 0.4) is 0 Å². The Labute approximate surface area is 136 Å². The SMILES string of the molecule is CCCCN(CCCC)N(CS(=O)(=O)O)C(=O)Oc1ccco1. The van der Waals surface area contributed by atoms with Gasteiger partial charge in [-0.05, 0) is 18.9 Å². The molecule has 0 saturated heterocycles. The van der Waals surface area contributed by atoms with Crippen molar-refractivity contribution in [3.63, 3.8) is 0 Å². The van der Waals surface area contributed by atoms with E-state index >= 15 is 0 Å². The molecule has 23 heavy (non-hydrogen) atoms. The van der Waals surface area contributed by atoms with E-state index in [0.29, 0.717) is 13.1 Å². The highest BCUT2D eigenvalue weighted by atomic mass is 32.2. The van der Waals surface area contributed by atoms with Gasteiger partial charge in [-0.3, -0.25) is 4.55 Å². The van der Waals surface area contributed by atoms with Crippen molar-refractivity contribution in [3.05, 3.63) is 18.4 Å². The molecular weight excluding hydrogens is 324 g/mol. The first kappa shape index (κ1) is 19.5.